The molecule has 0 aromatic rings. The van der Waals surface area contributed by atoms with E-state index in [-0.39, 0.29) is 5.04 Å². The average molecular weight is 701 g/mol. The summed E-state index contributed by atoms with van der Waals surface area (Å²) < 4.78 is -3.54. The van der Waals surface area contributed by atoms with Crippen LogP contribution in [-0.4, -0.2) is 12.6 Å². The van der Waals surface area contributed by atoms with E-state index in [4.69, 9.17) is 0 Å². The molecule has 10 heteroatoms. The van der Waals surface area contributed by atoms with Crippen molar-refractivity contribution in [1.29, 1.82) is 0 Å². The zero-order valence-electron chi connectivity index (χ0n) is 7.65. The minimum Gasteiger partial charge on any atom is -0.126 e. The minimum absolute atomic E-state index is 0.221. The van der Waals surface area contributed by atoms with Crippen LogP contribution < -0.4 is 0 Å². The van der Waals surface area contributed by atoms with Gasteiger partial charge in [-0.25, -0.2) is 0 Å². The van der Waals surface area contributed by atoms with Crippen LogP contribution in [0.1, 0.15) is 20.8 Å². The van der Waals surface area contributed by atoms with E-state index in [1.54, 1.807) is 0 Å². The summed E-state index contributed by atoms with van der Waals surface area (Å²) in [6.07, 6.45) is 0. The van der Waals surface area contributed by atoms with Crippen LogP contribution in [0.15, 0.2) is 0 Å². The molecule has 0 saturated heterocycles. The van der Waals surface area contributed by atoms with Gasteiger partial charge in [0, 0.05) is 0 Å². The van der Waals surface area contributed by atoms with E-state index in [1.807, 2.05) is 0 Å². The lowest BCUT2D eigenvalue weighted by molar-refractivity contribution is 0.755. The molecule has 0 nitrogen and oxygen atoms in total. The average Bonchev–Trinajstić information content (AvgIpc) is 1.77. The highest BCUT2D eigenvalue weighted by molar-refractivity contribution is 9.83. The van der Waals surface area contributed by atoms with E-state index in [1.165, 1.54) is 0 Å². The summed E-state index contributed by atoms with van der Waals surface area (Å²) in [6.45, 7) is 6.81. The Morgan fingerprint density at radius 2 is 0.857 bits per heavy atom. The van der Waals surface area contributed by atoms with Gasteiger partial charge in [0.15, 0.2) is 5.73 Å². The van der Waals surface area contributed by atoms with Gasteiger partial charge in [-0.05, 0) is 5.04 Å². The second kappa shape index (κ2) is 5.56. The number of hydrogen-bond acceptors (Lipinski definition) is 0. The fourth-order valence-corrected chi connectivity index (χ4v) is 157. The maximum absolute atomic E-state index is 4.03. The van der Waals surface area contributed by atoms with Gasteiger partial charge in [0.25, 0.3) is 6.90 Å². The third-order valence-electron chi connectivity index (χ3n) is 1.81. The van der Waals surface area contributed by atoms with Crippen molar-refractivity contribution in [3.63, 3.8) is 0 Å². The zero-order chi connectivity index (χ0) is 12.0. The van der Waals surface area contributed by atoms with Crippen molar-refractivity contribution in [2.45, 2.75) is 25.8 Å². The Bertz CT molecular complexity index is 174. The Balaban J connectivity index is 5.54. The van der Waals surface area contributed by atoms with E-state index in [2.05, 4.69) is 128 Å². The standard InChI is InChI=1S/C4H9Br7Si3/c1-4(2,3)12(5,13(6,7)8)14(9,10)11/h1-3H3. The van der Waals surface area contributed by atoms with E-state index in [0.29, 0.717) is 0 Å². The molecule has 0 unspecified atom stereocenters. The molecule has 0 aliphatic carbocycles. The summed E-state index contributed by atoms with van der Waals surface area (Å²) in [5.74, 6) is 0. The monoisotopic (exact) mass is 693 g/mol. The maximum atomic E-state index is 4.03. The van der Waals surface area contributed by atoms with Gasteiger partial charge in [-0.2, -0.15) is 0 Å². The first-order chi connectivity index (χ1) is 5.75. The predicted octanol–water partition coefficient (Wildman–Crippen LogP) is 6.53. The van der Waals surface area contributed by atoms with Crippen LogP contribution in [0.25, 0.3) is 0 Å². The van der Waals surface area contributed by atoms with Crippen LogP contribution >= 0.6 is 107 Å². The molecule has 86 valence electrons. The molecule has 0 N–H and O–H groups in total. The first-order valence-corrected chi connectivity index (χ1v) is 27.4. The molecule has 0 aromatic heterocycles. The second-order valence-electron chi connectivity index (χ2n) is 3.90. The Hall–Kier alpha value is 4.01. The molecule has 0 saturated carbocycles. The fraction of sp³-hybridized carbons (Fsp3) is 1.00. The van der Waals surface area contributed by atoms with Gasteiger partial charge in [0.05, 0.1) is 0 Å². The van der Waals surface area contributed by atoms with Crippen molar-refractivity contribution >= 4 is 120 Å². The molecule has 0 aromatic carbocycles. The van der Waals surface area contributed by atoms with Gasteiger partial charge in [-0.3, -0.25) is 0 Å². The summed E-state index contributed by atoms with van der Waals surface area (Å²) in [4.78, 5) is 0. The zero-order valence-corrected chi connectivity index (χ0v) is 21.7. The van der Waals surface area contributed by atoms with Crippen LogP contribution in [0.3, 0.4) is 0 Å². The molecule has 0 heterocycles. The van der Waals surface area contributed by atoms with Gasteiger partial charge in [-0.15, -0.1) is 15.3 Å². The molecule has 0 fully saturated rings. The molecule has 0 radical (unpaired) electrons. The Morgan fingerprint density at radius 1 is 0.643 bits per heavy atom. The maximum Gasteiger partial charge on any atom is 0.267 e. The van der Waals surface area contributed by atoms with Crippen LogP contribution in [0, 0.1) is 0 Å². The van der Waals surface area contributed by atoms with Crippen LogP contribution in [-0.2, 0) is 0 Å². The highest BCUT2D eigenvalue weighted by Crippen LogP contribution is 2.61. The first kappa shape index (κ1) is 18.0. The summed E-state index contributed by atoms with van der Waals surface area (Å²) in [5.41, 5.74) is -1.76. The number of halogens is 7. The second-order valence-corrected chi connectivity index (χ2v) is 80.9. The van der Waals surface area contributed by atoms with E-state index in [0.717, 1.165) is 0 Å². The van der Waals surface area contributed by atoms with Crippen molar-refractivity contribution in [3.8, 4) is 0 Å². The van der Waals surface area contributed by atoms with Crippen molar-refractivity contribution in [2.75, 3.05) is 0 Å². The quantitative estimate of drug-likeness (QED) is 0.227. The van der Waals surface area contributed by atoms with Crippen LogP contribution in [0.4, 0.5) is 0 Å². The lowest BCUT2D eigenvalue weighted by atomic mass is 10.3. The molecule has 0 aliphatic rings. The van der Waals surface area contributed by atoms with Gasteiger partial charge in [0.2, 0.25) is 0 Å². The fourth-order valence-electron chi connectivity index (χ4n) is 1.01. The molecular weight excluding hydrogens is 692 g/mol. The molecule has 14 heavy (non-hydrogen) atoms. The molecule has 0 atom stereocenters. The number of rotatable bonds is 2. The Kier molecular flexibility index (Phi) is 7.15. The molecule has 0 aliphatic heterocycles. The third-order valence-corrected chi connectivity index (χ3v) is 116. The van der Waals surface area contributed by atoms with Gasteiger partial charge >= 0.3 is 0 Å². The normalized spacial score (nSPS) is 15.9. The summed E-state index contributed by atoms with van der Waals surface area (Å²) in [7, 11) is 0. The highest BCUT2D eigenvalue weighted by Gasteiger charge is 2.68. The lowest BCUT2D eigenvalue weighted by Gasteiger charge is -2.46. The van der Waals surface area contributed by atoms with Crippen molar-refractivity contribution in [2.24, 2.45) is 0 Å². The molecule has 0 rings (SSSR count). The molecule has 0 amide bonds. The van der Waals surface area contributed by atoms with Crippen LogP contribution in [0.2, 0.25) is 5.04 Å². The summed E-state index contributed by atoms with van der Waals surface area (Å²) in [6, 6.07) is 0. The molecular formula is C4H9Br7Si3. The molecule has 0 spiro atoms. The Morgan fingerprint density at radius 3 is 0.857 bits per heavy atom. The SMILES string of the molecule is CC(C)(C)[Si](Br)([Si](Br)(Br)Br)[Si](Br)(Br)Br. The Labute approximate surface area is 143 Å². The minimum atomic E-state index is -1.77. The highest BCUT2D eigenvalue weighted by atomic mass is 80.0. The summed E-state index contributed by atoms with van der Waals surface area (Å²) in [5, 5.41) is 0.221. The van der Waals surface area contributed by atoms with Crippen molar-refractivity contribution in [3.05, 3.63) is 0 Å². The van der Waals surface area contributed by atoms with E-state index in [9.17, 15) is 0 Å². The van der Waals surface area contributed by atoms with Gasteiger partial charge in [-0.1, -0.05) is 113 Å². The van der Waals surface area contributed by atoms with Crippen LogP contribution in [0.5, 0.6) is 0 Å². The largest absolute Gasteiger partial charge is 0.267 e. The third kappa shape index (κ3) is 3.75. The lowest BCUT2D eigenvalue weighted by Crippen LogP contribution is -2.65. The first-order valence-electron chi connectivity index (χ1n) is 3.57. The van der Waals surface area contributed by atoms with E-state index < -0.39 is 12.6 Å². The van der Waals surface area contributed by atoms with Gasteiger partial charge < -0.3 is 0 Å². The topological polar surface area (TPSA) is 0 Å². The predicted molar refractivity (Wildman–Crippen MR) is 99.5 cm³/mol. The van der Waals surface area contributed by atoms with Crippen molar-refractivity contribution in [1.82, 2.24) is 0 Å². The molecule has 0 bridgehead atoms. The smallest absolute Gasteiger partial charge is 0.126 e. The summed E-state index contributed by atoms with van der Waals surface area (Å²) >= 11 is 26.9. The van der Waals surface area contributed by atoms with E-state index >= 15 is 0 Å². The number of hydrogen-bond donors (Lipinski definition) is 0. The van der Waals surface area contributed by atoms with Gasteiger partial charge in [0.1, 0.15) is 0 Å². The van der Waals surface area contributed by atoms with Crippen molar-refractivity contribution < 1.29 is 0 Å².